The lowest BCUT2D eigenvalue weighted by molar-refractivity contribution is -0.150. The fourth-order valence-electron chi connectivity index (χ4n) is 0.723. The van der Waals surface area contributed by atoms with Crippen LogP contribution in [0.15, 0.2) is 0 Å². The van der Waals surface area contributed by atoms with Gasteiger partial charge in [0.2, 0.25) is 5.91 Å². The first-order chi connectivity index (χ1) is 6.97. The second-order valence-electron chi connectivity index (χ2n) is 3.20. The van der Waals surface area contributed by atoms with Gasteiger partial charge in [0, 0.05) is 0 Å². The third-order valence-corrected chi connectivity index (χ3v) is 1.51. The molecule has 0 bridgehead atoms. The maximum Gasteiger partial charge on any atom is 0.336 e. The van der Waals surface area contributed by atoms with Crippen LogP contribution < -0.4 is 5.32 Å². The Bertz CT molecular complexity index is 217. The van der Waals surface area contributed by atoms with E-state index >= 15 is 0 Å². The summed E-state index contributed by atoms with van der Waals surface area (Å²) in [6.07, 6.45) is -1.38. The molecule has 0 aromatic heterocycles. The van der Waals surface area contributed by atoms with Crippen LogP contribution in [0, 0.1) is 0 Å². The Morgan fingerprint density at radius 3 is 2.47 bits per heavy atom. The van der Waals surface area contributed by atoms with E-state index in [4.69, 9.17) is 9.84 Å². The van der Waals surface area contributed by atoms with Crippen LogP contribution in [0.1, 0.15) is 13.8 Å². The molecular weight excluding hydrogens is 202 g/mol. The van der Waals surface area contributed by atoms with Crippen LogP contribution in [-0.2, 0) is 19.1 Å². The predicted molar refractivity (Wildman–Crippen MR) is 52.1 cm³/mol. The van der Waals surface area contributed by atoms with Gasteiger partial charge in [-0.25, -0.2) is 4.79 Å². The molecule has 0 fully saturated rings. The number of rotatable bonds is 6. The van der Waals surface area contributed by atoms with E-state index in [1.165, 1.54) is 0 Å². The molecule has 1 atom stereocenters. The Morgan fingerprint density at radius 1 is 1.40 bits per heavy atom. The fourth-order valence-corrected chi connectivity index (χ4v) is 0.723. The zero-order chi connectivity index (χ0) is 11.8. The first kappa shape index (κ1) is 13.9. The van der Waals surface area contributed by atoms with Crippen LogP contribution >= 0.6 is 0 Å². The first-order valence-electron chi connectivity index (χ1n) is 4.61. The minimum Gasteiger partial charge on any atom is -0.467 e. The van der Waals surface area contributed by atoms with Crippen molar-refractivity contribution in [3.05, 3.63) is 0 Å². The number of esters is 1. The molecule has 0 spiro atoms. The van der Waals surface area contributed by atoms with Gasteiger partial charge in [-0.15, -0.1) is 0 Å². The van der Waals surface area contributed by atoms with Crippen molar-refractivity contribution in [2.75, 3.05) is 20.3 Å². The number of carbonyl (C=O) groups is 2. The maximum absolute atomic E-state index is 11.1. The Balaban J connectivity index is 3.66. The van der Waals surface area contributed by atoms with E-state index < -0.39 is 12.1 Å². The van der Waals surface area contributed by atoms with E-state index in [2.05, 4.69) is 10.1 Å². The molecule has 0 heterocycles. The van der Waals surface area contributed by atoms with Crippen molar-refractivity contribution in [2.24, 2.45) is 0 Å². The Kier molecular flexibility index (Phi) is 6.64. The van der Waals surface area contributed by atoms with E-state index in [1.54, 1.807) is 13.8 Å². The van der Waals surface area contributed by atoms with Crippen LogP contribution in [0.4, 0.5) is 0 Å². The quantitative estimate of drug-likeness (QED) is 0.563. The number of aliphatic hydroxyl groups excluding tert-OH is 1. The lowest BCUT2D eigenvalue weighted by Gasteiger charge is -2.10. The summed E-state index contributed by atoms with van der Waals surface area (Å²) in [5.41, 5.74) is 0. The molecule has 0 saturated heterocycles. The van der Waals surface area contributed by atoms with Gasteiger partial charge in [-0.3, -0.25) is 4.79 Å². The minimum absolute atomic E-state index is 0.0405. The van der Waals surface area contributed by atoms with Crippen molar-refractivity contribution < 1.29 is 24.2 Å². The third kappa shape index (κ3) is 6.87. The van der Waals surface area contributed by atoms with Gasteiger partial charge < -0.3 is 19.9 Å². The highest BCUT2D eigenvalue weighted by atomic mass is 16.5. The molecular formula is C9H17NO5. The van der Waals surface area contributed by atoms with Crippen molar-refractivity contribution in [2.45, 2.75) is 26.1 Å². The molecule has 0 aromatic carbocycles. The summed E-state index contributed by atoms with van der Waals surface area (Å²) in [6.45, 7) is 3.34. The molecule has 0 radical (unpaired) electrons. The predicted octanol–water partition coefficient (Wildman–Crippen LogP) is -0.938. The molecule has 15 heavy (non-hydrogen) atoms. The van der Waals surface area contributed by atoms with Gasteiger partial charge in [0.05, 0.1) is 19.8 Å². The van der Waals surface area contributed by atoms with Crippen molar-refractivity contribution in [1.29, 1.82) is 0 Å². The summed E-state index contributed by atoms with van der Waals surface area (Å²) in [5.74, 6) is -1.16. The Morgan fingerprint density at radius 2 is 2.00 bits per heavy atom. The van der Waals surface area contributed by atoms with E-state index in [-0.39, 0.29) is 25.2 Å². The van der Waals surface area contributed by atoms with Gasteiger partial charge in [-0.2, -0.15) is 0 Å². The SMILES string of the molecule is COC(=O)C(O)CNC(=O)COC(C)C. The molecule has 1 amide bonds. The summed E-state index contributed by atoms with van der Waals surface area (Å²) in [4.78, 5) is 21.8. The number of amides is 1. The number of hydrogen-bond donors (Lipinski definition) is 2. The zero-order valence-corrected chi connectivity index (χ0v) is 9.15. The average molecular weight is 219 g/mol. The molecule has 0 rings (SSSR count). The van der Waals surface area contributed by atoms with Crippen LogP contribution in [0.5, 0.6) is 0 Å². The van der Waals surface area contributed by atoms with Crippen molar-refractivity contribution in [1.82, 2.24) is 5.32 Å². The molecule has 88 valence electrons. The van der Waals surface area contributed by atoms with Crippen molar-refractivity contribution in [3.63, 3.8) is 0 Å². The number of ether oxygens (including phenoxy) is 2. The van der Waals surface area contributed by atoms with Gasteiger partial charge >= 0.3 is 5.97 Å². The summed E-state index contributed by atoms with van der Waals surface area (Å²) >= 11 is 0. The van der Waals surface area contributed by atoms with E-state index in [0.717, 1.165) is 7.11 Å². The number of carbonyl (C=O) groups excluding carboxylic acids is 2. The lowest BCUT2D eigenvalue weighted by Crippen LogP contribution is -2.39. The standard InChI is InChI=1S/C9H17NO5/c1-6(2)15-5-8(12)10-4-7(11)9(13)14-3/h6-7,11H,4-5H2,1-3H3,(H,10,12). The second-order valence-corrected chi connectivity index (χ2v) is 3.20. The molecule has 0 aliphatic rings. The number of methoxy groups -OCH3 is 1. The smallest absolute Gasteiger partial charge is 0.336 e. The Hall–Kier alpha value is -1.14. The minimum atomic E-state index is -1.34. The van der Waals surface area contributed by atoms with Gasteiger partial charge in [0.25, 0.3) is 0 Å². The molecule has 0 aliphatic heterocycles. The zero-order valence-electron chi connectivity index (χ0n) is 9.15. The largest absolute Gasteiger partial charge is 0.467 e. The fraction of sp³-hybridized carbons (Fsp3) is 0.778. The summed E-state index contributed by atoms with van der Waals surface area (Å²) in [6, 6.07) is 0. The molecule has 0 aromatic rings. The highest BCUT2D eigenvalue weighted by Crippen LogP contribution is 1.88. The molecule has 0 aliphatic carbocycles. The van der Waals surface area contributed by atoms with Gasteiger partial charge in [-0.1, -0.05) is 0 Å². The molecule has 6 nitrogen and oxygen atoms in total. The van der Waals surface area contributed by atoms with E-state index in [1.807, 2.05) is 0 Å². The van der Waals surface area contributed by atoms with E-state index in [9.17, 15) is 9.59 Å². The van der Waals surface area contributed by atoms with Crippen molar-refractivity contribution in [3.8, 4) is 0 Å². The van der Waals surface area contributed by atoms with E-state index in [0.29, 0.717) is 0 Å². The van der Waals surface area contributed by atoms with Crippen LogP contribution in [0.3, 0.4) is 0 Å². The highest BCUT2D eigenvalue weighted by molar-refractivity contribution is 5.79. The number of aliphatic hydroxyl groups is 1. The monoisotopic (exact) mass is 219 g/mol. The first-order valence-corrected chi connectivity index (χ1v) is 4.61. The Labute approximate surface area is 88.6 Å². The van der Waals surface area contributed by atoms with Gasteiger partial charge in [0.15, 0.2) is 6.10 Å². The third-order valence-electron chi connectivity index (χ3n) is 1.51. The van der Waals surface area contributed by atoms with Gasteiger partial charge in [0.1, 0.15) is 6.61 Å². The number of hydrogen-bond acceptors (Lipinski definition) is 5. The van der Waals surface area contributed by atoms with Crippen molar-refractivity contribution >= 4 is 11.9 Å². The summed E-state index contributed by atoms with van der Waals surface area (Å²) in [7, 11) is 1.16. The van der Waals surface area contributed by atoms with Crippen LogP contribution in [-0.4, -0.2) is 49.5 Å². The second kappa shape index (κ2) is 7.19. The maximum atomic E-state index is 11.1. The molecule has 1 unspecified atom stereocenters. The molecule has 6 heteroatoms. The lowest BCUT2D eigenvalue weighted by atomic mass is 10.3. The highest BCUT2D eigenvalue weighted by Gasteiger charge is 2.16. The number of nitrogens with one attached hydrogen (secondary N) is 1. The van der Waals surface area contributed by atoms with Crippen LogP contribution in [0.2, 0.25) is 0 Å². The summed E-state index contributed by atoms with van der Waals surface area (Å²) < 4.78 is 9.28. The van der Waals surface area contributed by atoms with Crippen LogP contribution in [0.25, 0.3) is 0 Å². The summed E-state index contributed by atoms with van der Waals surface area (Å²) in [5, 5.41) is 11.5. The molecule has 0 saturated carbocycles. The normalized spacial score (nSPS) is 12.3. The molecule has 2 N–H and O–H groups in total. The average Bonchev–Trinajstić information content (AvgIpc) is 2.21. The topological polar surface area (TPSA) is 84.9 Å². The van der Waals surface area contributed by atoms with Gasteiger partial charge in [-0.05, 0) is 13.8 Å².